The van der Waals surface area contributed by atoms with Crippen molar-refractivity contribution in [2.75, 3.05) is 75.4 Å². The summed E-state index contributed by atoms with van der Waals surface area (Å²) in [5.74, 6) is 0.0782. The van der Waals surface area contributed by atoms with Crippen molar-refractivity contribution in [1.82, 2.24) is 107 Å². The number of fused-ring (bicyclic) bond motifs is 4. The Morgan fingerprint density at radius 2 is 0.548 bits per heavy atom. The van der Waals surface area contributed by atoms with E-state index in [1.807, 2.05) is 6.92 Å². The van der Waals surface area contributed by atoms with Crippen molar-refractivity contribution in [1.29, 1.82) is 0 Å². The maximum Gasteiger partial charge on any atom is 0.386 e. The van der Waals surface area contributed by atoms with Crippen LogP contribution < -0.4 is 56.9 Å². The summed E-state index contributed by atoms with van der Waals surface area (Å²) >= 11 is 30.3. The molecule has 7 saturated heterocycles. The largest absolute Gasteiger partial charge is 0.386 e. The topological polar surface area (TPSA) is 762 Å². The van der Waals surface area contributed by atoms with E-state index in [-0.39, 0.29) is 112 Å². The summed E-state index contributed by atoms with van der Waals surface area (Å²) in [7, 11) is 1.10. The fourth-order valence-electron chi connectivity index (χ4n) is 17.3. The van der Waals surface area contributed by atoms with Crippen molar-refractivity contribution in [3.63, 3.8) is 0 Å². The molecule has 146 heavy (non-hydrogen) atoms. The molecular formula is C72H94N27O33P7S7. The second kappa shape index (κ2) is 43.7. The van der Waals surface area contributed by atoms with Crippen LogP contribution in [0.25, 0.3) is 44.7 Å². The average molecular weight is 2310 g/mol. The predicted octanol–water partition coefficient (Wildman–Crippen LogP) is 7.67. The van der Waals surface area contributed by atoms with Crippen LogP contribution >= 0.6 is 133 Å². The number of H-pyrrole nitrogens is 2. The summed E-state index contributed by atoms with van der Waals surface area (Å²) in [5, 5.41) is 0. The van der Waals surface area contributed by atoms with E-state index >= 15 is 13.7 Å². The van der Waals surface area contributed by atoms with Gasteiger partial charge in [0.05, 0.1) is 77.2 Å². The van der Waals surface area contributed by atoms with Gasteiger partial charge in [-0.15, -0.1) is 0 Å². The van der Waals surface area contributed by atoms with E-state index in [2.05, 4.69) is 161 Å². The van der Waals surface area contributed by atoms with Crippen molar-refractivity contribution in [2.45, 2.75) is 208 Å². The number of hydrogen-bond donors (Lipinski definition) is 14. The van der Waals surface area contributed by atoms with E-state index in [1.54, 1.807) is 11.5 Å². The molecule has 18 heterocycles. The highest BCUT2D eigenvalue weighted by atomic mass is 32.7. The number of hydrogen-bond acceptors (Lipinski definition) is 51. The molecule has 11 aromatic rings. The van der Waals surface area contributed by atoms with Crippen LogP contribution in [0.15, 0.2) is 93.2 Å². The van der Waals surface area contributed by atoms with E-state index in [9.17, 15) is 42.2 Å². The lowest BCUT2D eigenvalue weighted by molar-refractivity contribution is -0.0531. The number of nitrogens with zero attached hydrogens (tertiary/aromatic N) is 20. The minimum absolute atomic E-state index is 0.0181. The van der Waals surface area contributed by atoms with Gasteiger partial charge < -0.3 is 66.4 Å². The lowest BCUT2D eigenvalue weighted by Gasteiger charge is -2.27. The molecule has 28 atom stereocenters. The molecule has 792 valence electrons. The van der Waals surface area contributed by atoms with Gasteiger partial charge in [-0.05, 0) is 27.2 Å². The third kappa shape index (κ3) is 24.5. The zero-order valence-electron chi connectivity index (χ0n) is 76.4. The highest BCUT2D eigenvalue weighted by Crippen LogP contribution is 2.65. The Labute approximate surface area is 858 Å². The van der Waals surface area contributed by atoms with Crippen LogP contribution in [0.1, 0.15) is 119 Å². The number of aromatic amines is 2. The Kier molecular flexibility index (Phi) is 32.4. The average Bonchev–Trinajstić information content (AvgIpc) is 1.63. The summed E-state index contributed by atoms with van der Waals surface area (Å²) in [6.45, 7) is -30.8. The van der Waals surface area contributed by atoms with Crippen LogP contribution in [0.4, 0.5) is 29.1 Å². The van der Waals surface area contributed by atoms with Gasteiger partial charge in [0, 0.05) is 87.3 Å². The number of aromatic nitrogens is 22. The number of anilines is 5. The van der Waals surface area contributed by atoms with Crippen molar-refractivity contribution >= 4 is 207 Å². The lowest BCUT2D eigenvalue weighted by Crippen LogP contribution is -2.33. The van der Waals surface area contributed by atoms with Crippen LogP contribution in [0.3, 0.4) is 0 Å². The fourth-order valence-corrected chi connectivity index (χ4v) is 27.4. The molecule has 7 aliphatic rings. The molecular weight excluding hydrogens is 2210 g/mol. The van der Waals surface area contributed by atoms with Crippen LogP contribution in [0.5, 0.6) is 0 Å². The summed E-state index contributed by atoms with van der Waals surface area (Å²) < 4.78 is 239. The molecule has 74 heteroatoms. The van der Waals surface area contributed by atoms with Crippen molar-refractivity contribution in [2.24, 2.45) is 0 Å². The SMILES string of the molecule is CC[C@H]1O[C@@H](n2cnc3c(N)ncnc32)CC1OP(=O)(S)OC[C@H]1O[C@@H](n2cc(C)c(N)nc2=O)CC1OP(=O)(S)OC[C@H]1O[C@@H](n2cc(C)c(=O)[nH]c2=O)CC1OP(=O)(S)OC[C@H]1O[C@@H](n2cnc3c(N)ncnc32)CC1OP(=O)(S)OC[C@H]1O[C@@H](n2cnc3c(N)ncnc32)CC1OP(=O)(S)OC[C@H]1O[C@@H](n2cc(C)c(=O)[nH]c2=O)CC1OP(=O)(S)OC[C@H]1O[C@@H](n2cnc3c(N)ncnc32)CC1OP(=O)(S)OC. The van der Waals surface area contributed by atoms with Gasteiger partial charge in [-0.3, -0.25) is 110 Å². The first kappa shape index (κ1) is 108. The third-order valence-corrected chi connectivity index (χ3v) is 36.0. The van der Waals surface area contributed by atoms with E-state index in [0.29, 0.717) is 23.1 Å². The highest BCUT2D eigenvalue weighted by molar-refractivity contribution is 8.46. The number of ether oxygens (including phenoxy) is 7. The number of rotatable bonds is 41. The molecule has 11 aromatic heterocycles. The van der Waals surface area contributed by atoms with E-state index < -0.39 is 251 Å². The summed E-state index contributed by atoms with van der Waals surface area (Å²) in [5.41, 5.74) is 28.6. The monoisotopic (exact) mass is 2310 g/mol. The third-order valence-electron chi connectivity index (χ3n) is 24.4. The van der Waals surface area contributed by atoms with Crippen LogP contribution in [-0.4, -0.2) is 239 Å². The molecule has 18 rings (SSSR count). The summed E-state index contributed by atoms with van der Waals surface area (Å²) in [6, 6.07) is 0. The number of nitrogens with two attached hydrogens (primary N) is 5. The molecule has 0 radical (unpaired) electrons. The molecule has 7 aliphatic heterocycles. The van der Waals surface area contributed by atoms with Gasteiger partial charge in [-0.1, -0.05) is 92.7 Å². The number of nitrogen functional groups attached to an aromatic ring is 5. The number of aryl methyl sites for hydroxylation is 3. The van der Waals surface area contributed by atoms with Gasteiger partial charge in [0.2, 0.25) is 0 Å². The van der Waals surface area contributed by atoms with Gasteiger partial charge in [0.1, 0.15) is 170 Å². The molecule has 0 amide bonds. The van der Waals surface area contributed by atoms with Gasteiger partial charge in [0.25, 0.3) is 11.1 Å². The van der Waals surface area contributed by atoms with Crippen molar-refractivity contribution in [3.8, 4) is 0 Å². The number of nitrogens with one attached hydrogen (secondary N) is 2. The van der Waals surface area contributed by atoms with Gasteiger partial charge in [0.15, 0.2) is 45.9 Å². The van der Waals surface area contributed by atoms with E-state index in [0.717, 1.165) is 33.5 Å². The zero-order chi connectivity index (χ0) is 104. The van der Waals surface area contributed by atoms with Gasteiger partial charge in [-0.2, -0.15) is 4.98 Å². The molecule has 12 N–H and O–H groups in total. The Balaban J connectivity index is 0.557. The first-order chi connectivity index (χ1) is 69.1. The maximum atomic E-state index is 15.2. The Morgan fingerprint density at radius 3 is 0.801 bits per heavy atom. The second-order valence-corrected chi connectivity index (χ2v) is 54.2. The standard InChI is InChI=1S/C72H94N27O33P7S7/c1-6-34-35(7-51(119-34)96-27-86-55-60(74)78-23-82-64(55)96)127-134(106,141)113-18-43-37(8-48(120-43)93-14-31(2)59(73)90-70(93)102)128-136(108,143)115-19-44-39(10-50(121-44)95-16-33(4)69(101)92-72(95)104)130-137(109,144)117-21-46-41(13-54(124-46)99-30-89-58-63(77)81-26-85-67(58)99)132-139(111,146)118-22-47-40(12-53(125-47)98-29-88-57-62(76)80-25-84-66(57)98)131-138(110,145)116-20-45-38(9-49(122-45)94-15-32(3)68(100)91-71(94)103)129-135(107,142)114-17-42-36(126-133(105,140)112-5)11-52(123-42)97-28-87-56-61(75)79-24-83-65(56)97/h14-16,23-30,34-54H,6-13,17-22H2,1-5H3,(H,105,140)(H,106,141)(H,107,142)(H,108,143)(H,109,144)(H,110,145)(H,111,146)(H2,73,90,102)(H2,74,78,82)(H2,75,79,83)(H2,76,80,84)(H2,77,81,85)(H,91,100,103)(H,92,101,104)/t34-,35?,36?,37?,38?,39?,40?,41?,42-,43-,44-,45-,46-,47-,48-,49-,50-,51-,52-,53-,54-,133?,134?,135?,136?,137?,138?,139?/m1/s1. The first-order valence-corrected chi connectivity index (χ1v) is 62.8. The Bertz CT molecular complexity index is 7470. The van der Waals surface area contributed by atoms with Crippen LogP contribution in [-0.2, 0) is 128 Å². The second-order valence-electron chi connectivity index (χ2n) is 34.0. The van der Waals surface area contributed by atoms with E-state index in [4.69, 9.17) is 125 Å². The highest BCUT2D eigenvalue weighted by Gasteiger charge is 2.53. The minimum atomic E-state index is -4.88. The molecule has 0 aromatic carbocycles. The van der Waals surface area contributed by atoms with Crippen molar-refractivity contribution < 1.29 is 128 Å². The predicted molar refractivity (Wildman–Crippen MR) is 532 cm³/mol. The Hall–Kier alpha value is -7.34. The van der Waals surface area contributed by atoms with Gasteiger partial charge >= 0.3 is 64.7 Å². The van der Waals surface area contributed by atoms with Crippen molar-refractivity contribution in [3.05, 3.63) is 138 Å². The van der Waals surface area contributed by atoms with Crippen LogP contribution in [0.2, 0.25) is 0 Å². The fraction of sp³-hybridized carbons (Fsp3) is 0.556. The maximum absolute atomic E-state index is 15.2. The molecule has 0 saturated carbocycles. The molecule has 60 nitrogen and oxygen atoms in total. The zero-order valence-corrected chi connectivity index (χ0v) is 89.0. The van der Waals surface area contributed by atoms with E-state index in [1.165, 1.54) is 84.1 Å². The smallest absolute Gasteiger partial charge is 0.383 e. The number of thiol groups is 7. The minimum Gasteiger partial charge on any atom is -0.383 e. The molecule has 14 unspecified atom stereocenters. The molecule has 0 bridgehead atoms. The van der Waals surface area contributed by atoms with Crippen LogP contribution in [0, 0.1) is 20.8 Å². The quantitative estimate of drug-likeness (QED) is 0.0129. The normalized spacial score (nSPS) is 29.5. The lowest BCUT2D eigenvalue weighted by atomic mass is 10.1. The van der Waals surface area contributed by atoms with Gasteiger partial charge in [-0.25, -0.2) is 106 Å². The summed E-state index contributed by atoms with van der Waals surface area (Å²) in [4.78, 5) is 125. The molecule has 0 aliphatic carbocycles. The summed E-state index contributed by atoms with van der Waals surface area (Å²) in [6.07, 6.45) is -13.6. The Morgan fingerprint density at radius 1 is 0.322 bits per heavy atom. The molecule has 7 fully saturated rings. The molecule has 0 spiro atoms. The number of imidazole rings is 4. The first-order valence-electron chi connectivity index (χ1n) is 43.9.